The molecular formula is C23H30N2O4. The summed E-state index contributed by atoms with van der Waals surface area (Å²) in [5.74, 6) is 1.20. The van der Waals surface area contributed by atoms with E-state index in [2.05, 4.69) is 0 Å². The second kappa shape index (κ2) is 8.19. The van der Waals surface area contributed by atoms with E-state index in [1.807, 2.05) is 41.0 Å². The number of nitrogens with zero attached hydrogens (tertiary/aromatic N) is 2. The number of ether oxygens (including phenoxy) is 1. The van der Waals surface area contributed by atoms with Crippen molar-refractivity contribution >= 4 is 22.8 Å². The van der Waals surface area contributed by atoms with Gasteiger partial charge in [0, 0.05) is 57.3 Å². The molecule has 29 heavy (non-hydrogen) atoms. The highest BCUT2D eigenvalue weighted by atomic mass is 16.5. The van der Waals surface area contributed by atoms with Crippen molar-refractivity contribution in [3.8, 4) is 0 Å². The van der Waals surface area contributed by atoms with E-state index >= 15 is 0 Å². The van der Waals surface area contributed by atoms with Crippen molar-refractivity contribution in [2.24, 2.45) is 5.41 Å². The largest absolute Gasteiger partial charge is 0.461 e. The van der Waals surface area contributed by atoms with Gasteiger partial charge in [-0.15, -0.1) is 0 Å². The fourth-order valence-electron chi connectivity index (χ4n) is 4.79. The third-order valence-electron chi connectivity index (χ3n) is 6.52. The normalized spacial score (nSPS) is 19.3. The summed E-state index contributed by atoms with van der Waals surface area (Å²) in [6.07, 6.45) is 4.35. The first-order valence-electron chi connectivity index (χ1n) is 10.6. The number of furan rings is 1. The SMILES string of the molecule is COCCCN1CC2(CCC1=O)CCN(C(=O)c1ccc3oc(C)cc3c1)CC2. The van der Waals surface area contributed by atoms with Crippen molar-refractivity contribution in [2.75, 3.05) is 39.9 Å². The number of carbonyl (C=O) groups is 2. The topological polar surface area (TPSA) is 63.0 Å². The zero-order valence-electron chi connectivity index (χ0n) is 17.4. The molecule has 0 aliphatic carbocycles. The number of hydrogen-bond acceptors (Lipinski definition) is 4. The molecule has 6 heteroatoms. The van der Waals surface area contributed by atoms with Gasteiger partial charge in [0.05, 0.1) is 0 Å². The number of rotatable bonds is 5. The Morgan fingerprint density at radius 2 is 2.00 bits per heavy atom. The molecule has 0 atom stereocenters. The van der Waals surface area contributed by atoms with Gasteiger partial charge in [-0.25, -0.2) is 0 Å². The quantitative estimate of drug-likeness (QED) is 0.722. The molecule has 2 aromatic rings. The van der Waals surface area contributed by atoms with Crippen LogP contribution in [0, 0.1) is 12.3 Å². The minimum Gasteiger partial charge on any atom is -0.461 e. The molecule has 0 radical (unpaired) electrons. The first-order chi connectivity index (χ1) is 14.0. The zero-order valence-corrected chi connectivity index (χ0v) is 17.4. The van der Waals surface area contributed by atoms with Gasteiger partial charge in [0.1, 0.15) is 11.3 Å². The predicted octanol–water partition coefficient (Wildman–Crippen LogP) is 3.62. The Morgan fingerprint density at radius 3 is 2.76 bits per heavy atom. The lowest BCUT2D eigenvalue weighted by atomic mass is 9.72. The fourth-order valence-corrected chi connectivity index (χ4v) is 4.79. The molecule has 4 rings (SSSR count). The number of hydrogen-bond donors (Lipinski definition) is 0. The average molecular weight is 399 g/mol. The molecule has 0 saturated carbocycles. The van der Waals surface area contributed by atoms with E-state index in [4.69, 9.17) is 9.15 Å². The van der Waals surface area contributed by atoms with E-state index in [1.165, 1.54) is 0 Å². The maximum absolute atomic E-state index is 13.0. The van der Waals surface area contributed by atoms with Crippen LogP contribution in [-0.4, -0.2) is 61.5 Å². The van der Waals surface area contributed by atoms with Gasteiger partial charge < -0.3 is 19.0 Å². The Balaban J connectivity index is 1.38. The molecule has 2 saturated heterocycles. The van der Waals surface area contributed by atoms with Crippen LogP contribution in [0.3, 0.4) is 0 Å². The summed E-state index contributed by atoms with van der Waals surface area (Å²) in [6.45, 7) is 5.68. The molecule has 2 amide bonds. The highest BCUT2D eigenvalue weighted by Gasteiger charge is 2.41. The van der Waals surface area contributed by atoms with E-state index < -0.39 is 0 Å². The van der Waals surface area contributed by atoms with Crippen molar-refractivity contribution in [2.45, 2.75) is 39.0 Å². The van der Waals surface area contributed by atoms with Gasteiger partial charge >= 0.3 is 0 Å². The highest BCUT2D eigenvalue weighted by molar-refractivity contribution is 5.98. The average Bonchev–Trinajstić information content (AvgIpc) is 3.10. The Bertz CT molecular complexity index is 895. The first-order valence-corrected chi connectivity index (χ1v) is 10.6. The van der Waals surface area contributed by atoms with E-state index in [0.29, 0.717) is 18.6 Å². The third kappa shape index (κ3) is 4.17. The lowest BCUT2D eigenvalue weighted by molar-refractivity contribution is -0.139. The predicted molar refractivity (Wildman–Crippen MR) is 111 cm³/mol. The molecule has 156 valence electrons. The summed E-state index contributed by atoms with van der Waals surface area (Å²) < 4.78 is 10.7. The van der Waals surface area contributed by atoms with Crippen LogP contribution in [0.25, 0.3) is 11.0 Å². The van der Waals surface area contributed by atoms with Crippen molar-refractivity contribution in [1.29, 1.82) is 0 Å². The number of amides is 2. The molecule has 1 aromatic heterocycles. The van der Waals surface area contributed by atoms with Crippen LogP contribution in [0.1, 0.15) is 48.2 Å². The summed E-state index contributed by atoms with van der Waals surface area (Å²) in [4.78, 5) is 29.3. The molecule has 6 nitrogen and oxygen atoms in total. The number of fused-ring (bicyclic) bond motifs is 1. The molecule has 0 unspecified atom stereocenters. The minimum atomic E-state index is 0.0874. The maximum atomic E-state index is 13.0. The Hall–Kier alpha value is -2.34. The number of likely N-dealkylation sites (tertiary alicyclic amines) is 2. The molecular weight excluding hydrogens is 368 g/mol. The Kier molecular flexibility index (Phi) is 5.63. The van der Waals surface area contributed by atoms with Gasteiger partial charge in [-0.3, -0.25) is 9.59 Å². The summed E-state index contributed by atoms with van der Waals surface area (Å²) in [5, 5.41) is 0.972. The monoisotopic (exact) mass is 398 g/mol. The van der Waals surface area contributed by atoms with Gasteiger partial charge in [-0.2, -0.15) is 0 Å². The Labute approximate surface area is 171 Å². The Morgan fingerprint density at radius 1 is 1.21 bits per heavy atom. The van der Waals surface area contributed by atoms with Crippen LogP contribution < -0.4 is 0 Å². The molecule has 1 aromatic carbocycles. The number of aryl methyl sites for hydroxylation is 1. The van der Waals surface area contributed by atoms with Gasteiger partial charge in [0.15, 0.2) is 0 Å². The first kappa shape index (κ1) is 20.0. The summed E-state index contributed by atoms with van der Waals surface area (Å²) in [5.41, 5.74) is 1.69. The second-order valence-corrected chi connectivity index (χ2v) is 8.56. The van der Waals surface area contributed by atoms with Crippen LogP contribution in [0.15, 0.2) is 28.7 Å². The van der Waals surface area contributed by atoms with Crippen LogP contribution in [0.2, 0.25) is 0 Å². The van der Waals surface area contributed by atoms with Crippen LogP contribution in [-0.2, 0) is 9.53 Å². The molecule has 0 N–H and O–H groups in total. The summed E-state index contributed by atoms with van der Waals surface area (Å²) in [7, 11) is 1.69. The second-order valence-electron chi connectivity index (χ2n) is 8.56. The fraction of sp³-hybridized carbons (Fsp3) is 0.565. The maximum Gasteiger partial charge on any atom is 0.253 e. The lowest BCUT2D eigenvalue weighted by Gasteiger charge is -2.47. The van der Waals surface area contributed by atoms with Gasteiger partial charge in [-0.05, 0) is 62.3 Å². The molecule has 1 spiro atoms. The lowest BCUT2D eigenvalue weighted by Crippen LogP contribution is -2.52. The van der Waals surface area contributed by atoms with E-state index in [9.17, 15) is 9.59 Å². The van der Waals surface area contributed by atoms with Crippen molar-refractivity contribution in [3.05, 3.63) is 35.6 Å². The molecule has 2 aliphatic heterocycles. The van der Waals surface area contributed by atoms with Crippen LogP contribution in [0.5, 0.6) is 0 Å². The van der Waals surface area contributed by atoms with E-state index in [1.54, 1.807) is 7.11 Å². The van der Waals surface area contributed by atoms with Crippen LogP contribution >= 0.6 is 0 Å². The number of carbonyl (C=O) groups excluding carboxylic acids is 2. The van der Waals surface area contributed by atoms with Crippen molar-refractivity contribution < 1.29 is 18.7 Å². The molecule has 2 fully saturated rings. The smallest absolute Gasteiger partial charge is 0.253 e. The van der Waals surface area contributed by atoms with Crippen molar-refractivity contribution in [3.63, 3.8) is 0 Å². The van der Waals surface area contributed by atoms with Gasteiger partial charge in [-0.1, -0.05) is 0 Å². The van der Waals surface area contributed by atoms with Gasteiger partial charge in [0.25, 0.3) is 5.91 Å². The standard InChI is InChI=1S/C23H30N2O4/c1-17-14-19-15-18(4-5-20(19)29-17)22(27)24-11-8-23(9-12-24)7-6-21(26)25(16-23)10-3-13-28-2/h4-5,14-15H,3,6-13,16H2,1-2H3. The van der Waals surface area contributed by atoms with Gasteiger partial charge in [0.2, 0.25) is 5.91 Å². The molecule has 0 bridgehead atoms. The zero-order chi connectivity index (χ0) is 20.4. The van der Waals surface area contributed by atoms with Crippen molar-refractivity contribution in [1.82, 2.24) is 9.80 Å². The molecule has 2 aliphatic rings. The minimum absolute atomic E-state index is 0.0874. The summed E-state index contributed by atoms with van der Waals surface area (Å²) >= 11 is 0. The number of piperidine rings is 2. The number of methoxy groups -OCH3 is 1. The third-order valence-corrected chi connectivity index (χ3v) is 6.52. The summed E-state index contributed by atoms with van der Waals surface area (Å²) in [6, 6.07) is 7.63. The molecule has 3 heterocycles. The van der Waals surface area contributed by atoms with E-state index in [0.717, 1.165) is 68.6 Å². The number of benzene rings is 1. The highest BCUT2D eigenvalue weighted by Crippen LogP contribution is 2.40. The van der Waals surface area contributed by atoms with E-state index in [-0.39, 0.29) is 17.2 Å². The van der Waals surface area contributed by atoms with Crippen LogP contribution in [0.4, 0.5) is 0 Å².